The molecule has 0 fully saturated rings. The highest BCUT2D eigenvalue weighted by atomic mass is 16.3. The first kappa shape index (κ1) is 17.4. The van der Waals surface area contributed by atoms with Crippen molar-refractivity contribution in [3.8, 4) is 0 Å². The summed E-state index contributed by atoms with van der Waals surface area (Å²) in [5.41, 5.74) is -0.530. The number of amides is 1. The Bertz CT molecular complexity index is 225. The lowest BCUT2D eigenvalue weighted by molar-refractivity contribution is -0.124. The van der Waals surface area contributed by atoms with Gasteiger partial charge in [0.2, 0.25) is 5.91 Å². The molecule has 3 nitrogen and oxygen atoms in total. The molecule has 108 valence electrons. The summed E-state index contributed by atoms with van der Waals surface area (Å²) in [7, 11) is 0. The summed E-state index contributed by atoms with van der Waals surface area (Å²) >= 11 is 0. The van der Waals surface area contributed by atoms with Crippen molar-refractivity contribution in [1.29, 1.82) is 0 Å². The minimum Gasteiger partial charge on any atom is -0.391 e. The third-order valence-electron chi connectivity index (χ3n) is 3.51. The quantitative estimate of drug-likeness (QED) is 0.589. The number of hydrogen-bond acceptors (Lipinski definition) is 2. The van der Waals surface area contributed by atoms with Crippen LogP contribution in [-0.4, -0.2) is 22.7 Å². The van der Waals surface area contributed by atoms with Crippen LogP contribution in [0.3, 0.4) is 0 Å². The summed E-state index contributed by atoms with van der Waals surface area (Å²) < 4.78 is 0. The van der Waals surface area contributed by atoms with E-state index in [1.165, 1.54) is 32.1 Å². The van der Waals surface area contributed by atoms with Crippen molar-refractivity contribution >= 4 is 5.91 Å². The maximum absolute atomic E-state index is 11.7. The number of aliphatic hydroxyl groups excluding tert-OH is 1. The van der Waals surface area contributed by atoms with Crippen LogP contribution in [0.2, 0.25) is 0 Å². The third-order valence-corrected chi connectivity index (χ3v) is 3.51. The van der Waals surface area contributed by atoms with Crippen LogP contribution in [0.5, 0.6) is 0 Å². The van der Waals surface area contributed by atoms with E-state index in [4.69, 9.17) is 0 Å². The van der Waals surface area contributed by atoms with E-state index < -0.39 is 11.6 Å². The molecule has 0 bridgehead atoms. The van der Waals surface area contributed by atoms with Crippen LogP contribution in [0.1, 0.15) is 79.1 Å². The number of carbonyl (C=O) groups excluding carboxylic acids is 1. The van der Waals surface area contributed by atoms with E-state index in [1.54, 1.807) is 6.92 Å². The zero-order valence-corrected chi connectivity index (χ0v) is 12.6. The minimum absolute atomic E-state index is 0.0504. The number of rotatable bonds is 10. The molecule has 0 aromatic rings. The largest absolute Gasteiger partial charge is 0.391 e. The molecular formula is C15H31NO2. The summed E-state index contributed by atoms with van der Waals surface area (Å²) in [5.74, 6) is 0.0504. The molecule has 0 saturated carbocycles. The number of nitrogens with one attached hydrogen (secondary N) is 1. The summed E-state index contributed by atoms with van der Waals surface area (Å²) in [4.78, 5) is 11.7. The van der Waals surface area contributed by atoms with Crippen LogP contribution in [-0.2, 0) is 4.79 Å². The molecule has 0 saturated heterocycles. The molecule has 1 unspecified atom stereocenters. The second kappa shape index (κ2) is 9.37. The highest BCUT2D eigenvalue weighted by Crippen LogP contribution is 2.11. The zero-order valence-electron chi connectivity index (χ0n) is 12.6. The predicted molar refractivity (Wildman–Crippen MR) is 76.5 cm³/mol. The Balaban J connectivity index is 3.54. The third kappa shape index (κ3) is 8.51. The lowest BCUT2D eigenvalue weighted by atomic mass is 9.98. The number of aliphatic hydroxyl groups is 1. The first-order valence-corrected chi connectivity index (χ1v) is 7.39. The van der Waals surface area contributed by atoms with Gasteiger partial charge in [-0.05, 0) is 27.2 Å². The topological polar surface area (TPSA) is 49.3 Å². The Labute approximate surface area is 112 Å². The Morgan fingerprint density at radius 1 is 1.11 bits per heavy atom. The molecule has 0 heterocycles. The zero-order chi connectivity index (χ0) is 14.0. The number of hydrogen-bond donors (Lipinski definition) is 2. The predicted octanol–water partition coefficient (Wildman–Crippen LogP) is 3.40. The van der Waals surface area contributed by atoms with Gasteiger partial charge in [0.05, 0.1) is 11.6 Å². The van der Waals surface area contributed by atoms with Crippen molar-refractivity contribution in [3.63, 3.8) is 0 Å². The Hall–Kier alpha value is -0.570. The van der Waals surface area contributed by atoms with Crippen molar-refractivity contribution < 1.29 is 9.90 Å². The fraction of sp³-hybridized carbons (Fsp3) is 0.933. The maximum Gasteiger partial charge on any atom is 0.220 e. The van der Waals surface area contributed by atoms with Crippen LogP contribution in [0.15, 0.2) is 0 Å². The lowest BCUT2D eigenvalue weighted by Gasteiger charge is -2.29. The average molecular weight is 257 g/mol. The van der Waals surface area contributed by atoms with Gasteiger partial charge < -0.3 is 10.4 Å². The van der Waals surface area contributed by atoms with Gasteiger partial charge in [-0.25, -0.2) is 0 Å². The molecule has 0 radical (unpaired) electrons. The van der Waals surface area contributed by atoms with Crippen molar-refractivity contribution in [1.82, 2.24) is 5.32 Å². The number of carbonyl (C=O) groups is 1. The lowest BCUT2D eigenvalue weighted by Crippen LogP contribution is -2.50. The van der Waals surface area contributed by atoms with Gasteiger partial charge in [0.25, 0.3) is 0 Å². The van der Waals surface area contributed by atoms with Crippen molar-refractivity contribution in [2.24, 2.45) is 0 Å². The van der Waals surface area contributed by atoms with Crippen LogP contribution in [0, 0.1) is 0 Å². The van der Waals surface area contributed by atoms with E-state index in [9.17, 15) is 9.90 Å². The summed E-state index contributed by atoms with van der Waals surface area (Å²) in [6, 6.07) is 0. The normalized spacial score (nSPS) is 13.4. The van der Waals surface area contributed by atoms with E-state index in [-0.39, 0.29) is 5.91 Å². The van der Waals surface area contributed by atoms with Gasteiger partial charge in [-0.2, -0.15) is 0 Å². The van der Waals surface area contributed by atoms with Gasteiger partial charge in [-0.1, -0.05) is 45.4 Å². The van der Waals surface area contributed by atoms with Gasteiger partial charge in [0, 0.05) is 6.42 Å². The van der Waals surface area contributed by atoms with E-state index >= 15 is 0 Å². The van der Waals surface area contributed by atoms with Gasteiger partial charge in [-0.15, -0.1) is 0 Å². The molecule has 0 spiro atoms. The minimum atomic E-state index is -0.532. The second-order valence-electron chi connectivity index (χ2n) is 5.82. The van der Waals surface area contributed by atoms with E-state index in [0.717, 1.165) is 12.8 Å². The number of unbranched alkanes of at least 4 members (excludes halogenated alkanes) is 6. The Morgan fingerprint density at radius 2 is 1.61 bits per heavy atom. The molecule has 18 heavy (non-hydrogen) atoms. The van der Waals surface area contributed by atoms with Gasteiger partial charge in [0.1, 0.15) is 0 Å². The highest BCUT2D eigenvalue weighted by molar-refractivity contribution is 5.76. The van der Waals surface area contributed by atoms with E-state index in [2.05, 4.69) is 12.2 Å². The molecule has 1 atom stereocenters. The summed E-state index contributed by atoms with van der Waals surface area (Å²) in [5, 5.41) is 12.4. The molecule has 0 aliphatic heterocycles. The molecule has 0 rings (SSSR count). The van der Waals surface area contributed by atoms with E-state index in [0.29, 0.717) is 6.42 Å². The maximum atomic E-state index is 11.7. The fourth-order valence-electron chi connectivity index (χ4n) is 1.77. The molecular weight excluding hydrogens is 226 g/mol. The van der Waals surface area contributed by atoms with E-state index in [1.807, 2.05) is 13.8 Å². The van der Waals surface area contributed by atoms with Crippen molar-refractivity contribution in [2.75, 3.05) is 0 Å². The highest BCUT2D eigenvalue weighted by Gasteiger charge is 2.25. The molecule has 2 N–H and O–H groups in total. The van der Waals surface area contributed by atoms with Gasteiger partial charge in [0.15, 0.2) is 0 Å². The first-order valence-electron chi connectivity index (χ1n) is 7.39. The molecule has 1 amide bonds. The van der Waals surface area contributed by atoms with Crippen LogP contribution in [0.4, 0.5) is 0 Å². The first-order chi connectivity index (χ1) is 8.40. The summed E-state index contributed by atoms with van der Waals surface area (Å²) in [6.07, 6.45) is 8.55. The Kier molecular flexibility index (Phi) is 9.08. The van der Waals surface area contributed by atoms with Crippen LogP contribution in [0.25, 0.3) is 0 Å². The average Bonchev–Trinajstić information content (AvgIpc) is 2.27. The molecule has 0 aliphatic rings. The standard InChI is InChI=1S/C15H31NO2/c1-5-6-7-8-9-10-11-12-14(18)16-15(3,4)13(2)17/h13,17H,5-12H2,1-4H3,(H,16,18). The van der Waals surface area contributed by atoms with Crippen molar-refractivity contribution in [3.05, 3.63) is 0 Å². The molecule has 0 aromatic carbocycles. The monoisotopic (exact) mass is 257 g/mol. The molecule has 0 aromatic heterocycles. The molecule has 3 heteroatoms. The van der Waals surface area contributed by atoms with Gasteiger partial charge >= 0.3 is 0 Å². The molecule has 0 aliphatic carbocycles. The van der Waals surface area contributed by atoms with Crippen LogP contribution >= 0.6 is 0 Å². The second-order valence-corrected chi connectivity index (χ2v) is 5.82. The Morgan fingerprint density at radius 3 is 2.11 bits per heavy atom. The van der Waals surface area contributed by atoms with Gasteiger partial charge in [-0.3, -0.25) is 4.79 Å². The fourth-order valence-corrected chi connectivity index (χ4v) is 1.77. The SMILES string of the molecule is CCCCCCCCCC(=O)NC(C)(C)C(C)O. The summed E-state index contributed by atoms with van der Waals surface area (Å²) in [6.45, 7) is 7.61. The van der Waals surface area contributed by atoms with Crippen LogP contribution < -0.4 is 5.32 Å². The smallest absolute Gasteiger partial charge is 0.220 e. The van der Waals surface area contributed by atoms with Crippen molar-refractivity contribution in [2.45, 2.75) is 90.7 Å².